The van der Waals surface area contributed by atoms with E-state index in [-0.39, 0.29) is 0 Å². The smallest absolute Gasteiger partial charge is 0.00236 e. The van der Waals surface area contributed by atoms with Crippen molar-refractivity contribution in [1.29, 1.82) is 0 Å². The maximum atomic E-state index is 3.76. The van der Waals surface area contributed by atoms with Gasteiger partial charge in [0.2, 0.25) is 0 Å². The summed E-state index contributed by atoms with van der Waals surface area (Å²) >= 11 is 0. The summed E-state index contributed by atoms with van der Waals surface area (Å²) in [7, 11) is 0. The Labute approximate surface area is 158 Å². The van der Waals surface area contributed by atoms with Crippen LogP contribution in [0.3, 0.4) is 0 Å². The molecule has 0 aromatic heterocycles. The summed E-state index contributed by atoms with van der Waals surface area (Å²) in [6, 6.07) is 0. The second-order valence-corrected chi connectivity index (χ2v) is 8.95. The predicted octanol–water partition coefficient (Wildman–Crippen LogP) is 6.44. The number of rotatable bonds is 1. The van der Waals surface area contributed by atoms with Gasteiger partial charge in [-0.25, -0.2) is 0 Å². The Kier molecular flexibility index (Phi) is 4.23. The van der Waals surface area contributed by atoms with Crippen molar-refractivity contribution in [3.05, 3.63) is 85.1 Å². The Balaban J connectivity index is 0.0000000880. The summed E-state index contributed by atoms with van der Waals surface area (Å²) in [6.45, 7) is 3.76. The zero-order valence-electron chi connectivity index (χ0n) is 15.6. The van der Waals surface area contributed by atoms with Crippen LogP contribution in [0.2, 0.25) is 0 Å². The van der Waals surface area contributed by atoms with Crippen LogP contribution < -0.4 is 0 Å². The standard InChI is InChI=1S/C10H12.C9H10.C7H8/c1-2-9-7-4-5-8(6-7)10(9)3-1;1-2-8-5-7-3-4-9(8)6-7;1-2-7-4-3-6(1)5-7/h1-2,4-5,7-10H,3,6H2;2-5,7,9H,1,6H2;1-4,6-7H,5H2. The molecule has 0 spiro atoms. The molecule has 0 saturated heterocycles. The lowest BCUT2D eigenvalue weighted by Crippen LogP contribution is -2.12. The minimum atomic E-state index is 0.715. The van der Waals surface area contributed by atoms with Crippen molar-refractivity contribution in [3.8, 4) is 0 Å². The van der Waals surface area contributed by atoms with Gasteiger partial charge in [0.15, 0.2) is 0 Å². The fraction of sp³-hybridized carbons (Fsp3) is 0.462. The molecule has 0 N–H and O–H groups in total. The average molecular weight is 343 g/mol. The quantitative estimate of drug-likeness (QED) is 0.481. The van der Waals surface area contributed by atoms with Crippen molar-refractivity contribution < 1.29 is 0 Å². The molecule has 7 aliphatic rings. The fourth-order valence-electron chi connectivity index (χ4n) is 5.99. The zero-order chi connectivity index (χ0) is 17.5. The molecule has 0 radical (unpaired) electrons. The van der Waals surface area contributed by atoms with Crippen LogP contribution in [0, 0.1) is 47.3 Å². The zero-order valence-corrected chi connectivity index (χ0v) is 15.6. The largest absolute Gasteiger partial charge is 0.0988 e. The van der Waals surface area contributed by atoms with Crippen LogP contribution in [-0.2, 0) is 0 Å². The van der Waals surface area contributed by atoms with Gasteiger partial charge < -0.3 is 0 Å². The molecule has 1 fully saturated rings. The van der Waals surface area contributed by atoms with Gasteiger partial charge in [-0.05, 0) is 72.7 Å². The Morgan fingerprint density at radius 3 is 1.96 bits per heavy atom. The highest BCUT2D eigenvalue weighted by Gasteiger charge is 2.44. The lowest BCUT2D eigenvalue weighted by Gasteiger charge is -2.18. The Morgan fingerprint density at radius 1 is 0.731 bits per heavy atom. The third-order valence-corrected chi connectivity index (χ3v) is 7.40. The van der Waals surface area contributed by atoms with Gasteiger partial charge in [-0.1, -0.05) is 79.5 Å². The van der Waals surface area contributed by atoms with Gasteiger partial charge in [0.1, 0.15) is 0 Å². The van der Waals surface area contributed by atoms with E-state index in [0.29, 0.717) is 5.92 Å². The molecule has 0 aliphatic heterocycles. The van der Waals surface area contributed by atoms with Crippen molar-refractivity contribution in [2.45, 2.75) is 25.7 Å². The fourth-order valence-corrected chi connectivity index (χ4v) is 5.99. The monoisotopic (exact) mass is 342 g/mol. The lowest BCUT2D eigenvalue weighted by atomic mass is 9.86. The minimum Gasteiger partial charge on any atom is -0.0988 e. The summed E-state index contributed by atoms with van der Waals surface area (Å²) in [4.78, 5) is 0. The van der Waals surface area contributed by atoms with Gasteiger partial charge in [0.05, 0.1) is 0 Å². The van der Waals surface area contributed by atoms with Crippen molar-refractivity contribution >= 4 is 0 Å². The molecule has 7 aliphatic carbocycles. The van der Waals surface area contributed by atoms with E-state index >= 15 is 0 Å². The van der Waals surface area contributed by atoms with E-state index < -0.39 is 0 Å². The topological polar surface area (TPSA) is 0 Å². The van der Waals surface area contributed by atoms with Crippen LogP contribution in [0.15, 0.2) is 85.1 Å². The summed E-state index contributed by atoms with van der Waals surface area (Å²) in [5.74, 6) is 6.90. The van der Waals surface area contributed by atoms with Crippen LogP contribution in [0.4, 0.5) is 0 Å². The molecule has 134 valence electrons. The Hall–Kier alpha value is -1.82. The SMILES string of the molecule is C1=CC2C3C=CC(C3)C2C1.C1=CC2C=CC1C2.C=CC1=CC2C=CC1C2. The van der Waals surface area contributed by atoms with E-state index in [9.17, 15) is 0 Å². The normalized spacial score (nSPS) is 45.5. The predicted molar refractivity (Wildman–Crippen MR) is 110 cm³/mol. The average Bonchev–Trinajstić information content (AvgIpc) is 3.51. The molecule has 6 atom stereocenters. The van der Waals surface area contributed by atoms with Gasteiger partial charge >= 0.3 is 0 Å². The summed E-state index contributed by atoms with van der Waals surface area (Å²) < 4.78 is 0. The first-order chi connectivity index (χ1) is 12.8. The minimum absolute atomic E-state index is 0.715. The third kappa shape index (κ3) is 2.94. The number of allylic oxidation sites excluding steroid dienone is 13. The highest BCUT2D eigenvalue weighted by molar-refractivity contribution is 5.35. The van der Waals surface area contributed by atoms with Crippen molar-refractivity contribution in [2.75, 3.05) is 0 Å². The second-order valence-electron chi connectivity index (χ2n) is 8.95. The molecule has 0 aromatic rings. The van der Waals surface area contributed by atoms with Crippen LogP contribution in [0.1, 0.15) is 25.7 Å². The first-order valence-corrected chi connectivity index (χ1v) is 10.5. The van der Waals surface area contributed by atoms with Gasteiger partial charge in [0, 0.05) is 5.92 Å². The van der Waals surface area contributed by atoms with E-state index in [1.54, 1.807) is 0 Å². The molecule has 26 heavy (non-hydrogen) atoms. The van der Waals surface area contributed by atoms with Gasteiger partial charge in [0.25, 0.3) is 0 Å². The molecule has 0 aromatic carbocycles. The van der Waals surface area contributed by atoms with E-state index in [2.05, 4.69) is 73.4 Å². The maximum absolute atomic E-state index is 3.76. The molecular weight excluding hydrogens is 312 g/mol. The second kappa shape index (κ2) is 6.72. The van der Waals surface area contributed by atoms with E-state index in [0.717, 1.165) is 41.4 Å². The molecule has 0 nitrogen and oxygen atoms in total. The van der Waals surface area contributed by atoms with E-state index in [1.165, 1.54) is 31.3 Å². The number of hydrogen-bond donors (Lipinski definition) is 0. The first-order valence-electron chi connectivity index (χ1n) is 10.5. The van der Waals surface area contributed by atoms with Gasteiger partial charge in [-0.15, -0.1) is 0 Å². The molecule has 0 heteroatoms. The number of hydrogen-bond acceptors (Lipinski definition) is 0. The van der Waals surface area contributed by atoms with Crippen LogP contribution in [0.25, 0.3) is 0 Å². The third-order valence-electron chi connectivity index (χ3n) is 7.40. The molecule has 0 amide bonds. The summed E-state index contributed by atoms with van der Waals surface area (Å²) in [5, 5.41) is 0. The Morgan fingerprint density at radius 2 is 1.46 bits per heavy atom. The summed E-state index contributed by atoms with van der Waals surface area (Å²) in [5.41, 5.74) is 1.43. The van der Waals surface area contributed by atoms with Crippen LogP contribution in [-0.4, -0.2) is 0 Å². The maximum Gasteiger partial charge on any atom is 0.00236 e. The lowest BCUT2D eigenvalue weighted by molar-refractivity contribution is 0.398. The molecule has 1 saturated carbocycles. The first kappa shape index (κ1) is 16.4. The number of fused-ring (bicyclic) bond motifs is 9. The highest BCUT2D eigenvalue weighted by atomic mass is 14.5. The van der Waals surface area contributed by atoms with Crippen LogP contribution in [0.5, 0.6) is 0 Å². The van der Waals surface area contributed by atoms with Gasteiger partial charge in [-0.3, -0.25) is 0 Å². The van der Waals surface area contributed by atoms with Crippen molar-refractivity contribution in [2.24, 2.45) is 47.3 Å². The molecule has 6 unspecified atom stereocenters. The van der Waals surface area contributed by atoms with Crippen molar-refractivity contribution in [3.63, 3.8) is 0 Å². The molecular formula is C26H30. The van der Waals surface area contributed by atoms with Gasteiger partial charge in [-0.2, -0.15) is 0 Å². The van der Waals surface area contributed by atoms with E-state index in [4.69, 9.17) is 0 Å². The molecule has 7 rings (SSSR count). The highest BCUT2D eigenvalue weighted by Crippen LogP contribution is 2.52. The molecule has 0 heterocycles. The summed E-state index contributed by atoms with van der Waals surface area (Å²) in [6.07, 6.45) is 33.2. The Bertz CT molecular complexity index is 712. The van der Waals surface area contributed by atoms with E-state index in [1.807, 2.05) is 6.08 Å². The van der Waals surface area contributed by atoms with Crippen LogP contribution >= 0.6 is 0 Å². The molecule has 6 bridgehead atoms. The van der Waals surface area contributed by atoms with Crippen molar-refractivity contribution in [1.82, 2.24) is 0 Å².